The van der Waals surface area contributed by atoms with E-state index < -0.39 is 0 Å². The largest absolute Gasteiger partial charge is 0.356 e. The summed E-state index contributed by atoms with van der Waals surface area (Å²) in [5.74, 6) is 2.13. The second-order valence-electron chi connectivity index (χ2n) is 5.13. The van der Waals surface area contributed by atoms with E-state index in [1.54, 1.807) is 0 Å². The maximum atomic E-state index is 4.47. The first-order valence-electron chi connectivity index (χ1n) is 7.62. The van der Waals surface area contributed by atoms with Gasteiger partial charge < -0.3 is 10.6 Å². The standard InChI is InChI=1S/C15H29N5S.HI/c1-13-12-14(2)20(19-13)10-7-9-18-15(16-3)17-8-5-6-11-21-4;/h12H,5-11H2,1-4H3,(H2,16,17,18);1H. The number of aliphatic imine (C=N–C) groups is 1. The zero-order valence-corrected chi connectivity index (χ0v) is 17.3. The Balaban J connectivity index is 0.00000441. The molecular formula is C15H30IN5S. The predicted octanol–water partition coefficient (Wildman–Crippen LogP) is 2.82. The minimum Gasteiger partial charge on any atom is -0.356 e. The molecule has 0 saturated heterocycles. The maximum Gasteiger partial charge on any atom is 0.190 e. The quantitative estimate of drug-likeness (QED) is 0.269. The normalized spacial score (nSPS) is 11.2. The Morgan fingerprint density at radius 2 is 1.91 bits per heavy atom. The number of hydrogen-bond acceptors (Lipinski definition) is 3. The molecule has 0 spiro atoms. The molecule has 0 fully saturated rings. The molecule has 1 heterocycles. The summed E-state index contributed by atoms with van der Waals surface area (Å²) >= 11 is 1.90. The van der Waals surface area contributed by atoms with Gasteiger partial charge in [-0.2, -0.15) is 16.9 Å². The molecule has 0 aliphatic heterocycles. The van der Waals surface area contributed by atoms with Crippen LogP contribution >= 0.6 is 35.7 Å². The monoisotopic (exact) mass is 439 g/mol. The Labute approximate surface area is 156 Å². The van der Waals surface area contributed by atoms with Crippen LogP contribution < -0.4 is 10.6 Å². The molecule has 0 bridgehead atoms. The van der Waals surface area contributed by atoms with E-state index in [9.17, 15) is 0 Å². The van der Waals surface area contributed by atoms with Crippen LogP contribution in [0.1, 0.15) is 30.7 Å². The average molecular weight is 439 g/mol. The fourth-order valence-electron chi connectivity index (χ4n) is 2.14. The Morgan fingerprint density at radius 3 is 2.45 bits per heavy atom. The van der Waals surface area contributed by atoms with Crippen LogP contribution in [0.2, 0.25) is 0 Å². The number of halogens is 1. The number of hydrogen-bond donors (Lipinski definition) is 2. The highest BCUT2D eigenvalue weighted by Crippen LogP contribution is 2.02. The van der Waals surface area contributed by atoms with Crippen LogP contribution in [0.4, 0.5) is 0 Å². The number of nitrogens with one attached hydrogen (secondary N) is 2. The second-order valence-corrected chi connectivity index (χ2v) is 6.12. The predicted molar refractivity (Wildman–Crippen MR) is 109 cm³/mol. The van der Waals surface area contributed by atoms with Gasteiger partial charge in [0.15, 0.2) is 5.96 Å². The third kappa shape index (κ3) is 8.87. The summed E-state index contributed by atoms with van der Waals surface area (Å²) in [4.78, 5) is 4.24. The van der Waals surface area contributed by atoms with Crippen molar-refractivity contribution in [1.82, 2.24) is 20.4 Å². The van der Waals surface area contributed by atoms with E-state index in [0.717, 1.165) is 37.7 Å². The summed E-state index contributed by atoms with van der Waals surface area (Å²) < 4.78 is 2.07. The average Bonchev–Trinajstić information content (AvgIpc) is 2.79. The summed E-state index contributed by atoms with van der Waals surface area (Å²) in [7, 11) is 1.82. The van der Waals surface area contributed by atoms with E-state index in [1.807, 2.05) is 25.7 Å². The minimum absolute atomic E-state index is 0. The fourth-order valence-corrected chi connectivity index (χ4v) is 2.63. The Morgan fingerprint density at radius 1 is 1.23 bits per heavy atom. The Hall–Kier alpha value is -0.440. The molecule has 0 radical (unpaired) electrons. The lowest BCUT2D eigenvalue weighted by molar-refractivity contribution is 0.555. The first-order chi connectivity index (χ1) is 10.2. The lowest BCUT2D eigenvalue weighted by atomic mass is 10.3. The van der Waals surface area contributed by atoms with E-state index in [1.165, 1.54) is 24.3 Å². The summed E-state index contributed by atoms with van der Waals surface area (Å²) in [6.07, 6.45) is 5.63. The molecule has 0 amide bonds. The van der Waals surface area contributed by atoms with Gasteiger partial charge in [-0.3, -0.25) is 9.67 Å². The summed E-state index contributed by atoms with van der Waals surface area (Å²) in [6.45, 7) is 6.96. The van der Waals surface area contributed by atoms with Crippen LogP contribution in [0, 0.1) is 13.8 Å². The zero-order valence-electron chi connectivity index (χ0n) is 14.2. The number of unbranched alkanes of at least 4 members (excludes halogenated alkanes) is 1. The Kier molecular flexibility index (Phi) is 12.8. The van der Waals surface area contributed by atoms with Crippen molar-refractivity contribution in [2.45, 2.75) is 39.7 Å². The summed E-state index contributed by atoms with van der Waals surface area (Å²) in [6, 6.07) is 2.11. The first kappa shape index (κ1) is 21.6. The lowest BCUT2D eigenvalue weighted by Gasteiger charge is -2.12. The van der Waals surface area contributed by atoms with Gasteiger partial charge >= 0.3 is 0 Å². The van der Waals surface area contributed by atoms with Crippen molar-refractivity contribution in [2.75, 3.05) is 32.1 Å². The number of nitrogens with zero attached hydrogens (tertiary/aromatic N) is 3. The number of aromatic nitrogens is 2. The van der Waals surface area contributed by atoms with Crippen LogP contribution in [0.15, 0.2) is 11.1 Å². The van der Waals surface area contributed by atoms with Gasteiger partial charge in [-0.15, -0.1) is 24.0 Å². The number of rotatable bonds is 9. The summed E-state index contributed by atoms with van der Waals surface area (Å²) in [5, 5.41) is 11.2. The lowest BCUT2D eigenvalue weighted by Crippen LogP contribution is -2.38. The molecule has 0 saturated carbocycles. The van der Waals surface area contributed by atoms with Crippen molar-refractivity contribution in [3.8, 4) is 0 Å². The van der Waals surface area contributed by atoms with Crippen molar-refractivity contribution < 1.29 is 0 Å². The van der Waals surface area contributed by atoms with E-state index >= 15 is 0 Å². The molecule has 0 unspecified atom stereocenters. The fraction of sp³-hybridized carbons (Fsp3) is 0.733. The molecule has 1 rings (SSSR count). The third-order valence-electron chi connectivity index (χ3n) is 3.23. The topological polar surface area (TPSA) is 54.2 Å². The van der Waals surface area contributed by atoms with E-state index in [-0.39, 0.29) is 24.0 Å². The molecule has 0 aliphatic rings. The highest BCUT2D eigenvalue weighted by Gasteiger charge is 2.01. The summed E-state index contributed by atoms with van der Waals surface area (Å²) in [5.41, 5.74) is 2.31. The molecule has 128 valence electrons. The van der Waals surface area contributed by atoms with Crippen molar-refractivity contribution in [2.24, 2.45) is 4.99 Å². The Bertz CT molecular complexity index is 434. The van der Waals surface area contributed by atoms with Gasteiger partial charge in [0.25, 0.3) is 0 Å². The van der Waals surface area contributed by atoms with Crippen molar-refractivity contribution >= 4 is 41.7 Å². The van der Waals surface area contributed by atoms with Crippen LogP contribution in [0.25, 0.3) is 0 Å². The number of thioether (sulfide) groups is 1. The molecule has 5 nitrogen and oxygen atoms in total. The number of guanidine groups is 1. The smallest absolute Gasteiger partial charge is 0.190 e. The van der Waals surface area contributed by atoms with Gasteiger partial charge in [0.2, 0.25) is 0 Å². The van der Waals surface area contributed by atoms with Gasteiger partial charge in [-0.25, -0.2) is 0 Å². The van der Waals surface area contributed by atoms with Gasteiger partial charge in [-0.1, -0.05) is 0 Å². The second kappa shape index (κ2) is 13.0. The minimum atomic E-state index is 0. The van der Waals surface area contributed by atoms with Crippen LogP contribution in [0.5, 0.6) is 0 Å². The highest BCUT2D eigenvalue weighted by molar-refractivity contribution is 14.0. The molecule has 2 N–H and O–H groups in total. The molecule has 1 aromatic heterocycles. The maximum absolute atomic E-state index is 4.47. The molecular weight excluding hydrogens is 409 g/mol. The van der Waals surface area contributed by atoms with E-state index in [4.69, 9.17) is 0 Å². The molecule has 0 aromatic carbocycles. The van der Waals surface area contributed by atoms with Crippen LogP contribution in [0.3, 0.4) is 0 Å². The molecule has 7 heteroatoms. The van der Waals surface area contributed by atoms with Crippen molar-refractivity contribution in [3.05, 3.63) is 17.5 Å². The van der Waals surface area contributed by atoms with E-state index in [0.29, 0.717) is 0 Å². The molecule has 1 aromatic rings. The first-order valence-corrected chi connectivity index (χ1v) is 9.01. The zero-order chi connectivity index (χ0) is 15.5. The molecule has 22 heavy (non-hydrogen) atoms. The van der Waals surface area contributed by atoms with Gasteiger partial charge in [0, 0.05) is 32.4 Å². The van der Waals surface area contributed by atoms with Gasteiger partial charge in [0.05, 0.1) is 5.69 Å². The van der Waals surface area contributed by atoms with Crippen LogP contribution in [-0.2, 0) is 6.54 Å². The van der Waals surface area contributed by atoms with Crippen molar-refractivity contribution in [1.29, 1.82) is 0 Å². The molecule has 0 atom stereocenters. The van der Waals surface area contributed by atoms with Crippen molar-refractivity contribution in [3.63, 3.8) is 0 Å². The SMILES string of the molecule is CN=C(NCCCCSC)NCCCn1nc(C)cc1C.I. The highest BCUT2D eigenvalue weighted by atomic mass is 127. The van der Waals surface area contributed by atoms with Gasteiger partial charge in [-0.05, 0) is 51.2 Å². The van der Waals surface area contributed by atoms with Crippen LogP contribution in [-0.4, -0.2) is 47.9 Å². The van der Waals surface area contributed by atoms with E-state index in [2.05, 4.69) is 44.7 Å². The van der Waals surface area contributed by atoms with Gasteiger partial charge in [0.1, 0.15) is 0 Å². The third-order valence-corrected chi connectivity index (χ3v) is 3.93. The number of aryl methyl sites for hydroxylation is 3. The molecule has 0 aliphatic carbocycles.